The molecule has 0 aliphatic heterocycles. The van der Waals surface area contributed by atoms with Crippen LogP contribution in [0.4, 0.5) is 0 Å². The van der Waals surface area contributed by atoms with Gasteiger partial charge in [-0.2, -0.15) is 10.4 Å². The molecule has 0 saturated heterocycles. The summed E-state index contributed by atoms with van der Waals surface area (Å²) in [4.78, 5) is 15.7. The molecule has 0 fully saturated rings. The summed E-state index contributed by atoms with van der Waals surface area (Å²) in [5, 5.41) is 15.7. The molecule has 0 unspecified atom stereocenters. The number of hydrazine groups is 1. The molecule has 0 aliphatic carbocycles. The van der Waals surface area contributed by atoms with E-state index in [4.69, 9.17) is 11.7 Å². The standard InChI is InChI=1S/C18H16N6OS2/c19-9-14-13(15-5-2-6-26-15)8-16(25)22-18(14)27-10-11-3-1-4-12(7-11)17(23-20)24-21/h1-8H,10,20-21H2,(H,22,25)(H,23,24). The molecular weight excluding hydrogens is 380 g/mol. The monoisotopic (exact) mass is 396 g/mol. The van der Waals surface area contributed by atoms with E-state index < -0.39 is 0 Å². The lowest BCUT2D eigenvalue weighted by Crippen LogP contribution is -2.32. The molecular formula is C18H16N6OS2. The molecule has 6 N–H and O–H groups in total. The Morgan fingerprint density at radius 1 is 1.33 bits per heavy atom. The number of thiophene rings is 1. The second-order valence-electron chi connectivity index (χ2n) is 5.45. The molecule has 3 aromatic rings. The highest BCUT2D eigenvalue weighted by molar-refractivity contribution is 7.98. The van der Waals surface area contributed by atoms with Gasteiger partial charge in [0.1, 0.15) is 6.07 Å². The highest BCUT2D eigenvalue weighted by atomic mass is 32.2. The van der Waals surface area contributed by atoms with Crippen molar-refractivity contribution in [2.75, 3.05) is 0 Å². The van der Waals surface area contributed by atoms with Gasteiger partial charge in [0.05, 0.1) is 10.6 Å². The number of hydrogen-bond donors (Lipinski definition) is 4. The zero-order chi connectivity index (χ0) is 19.2. The number of nitriles is 1. The molecule has 27 heavy (non-hydrogen) atoms. The van der Waals surface area contributed by atoms with Gasteiger partial charge in [-0.05, 0) is 23.1 Å². The molecule has 2 aromatic heterocycles. The Hall–Kier alpha value is -3.06. The Kier molecular flexibility index (Phi) is 5.93. The van der Waals surface area contributed by atoms with Gasteiger partial charge in [-0.1, -0.05) is 24.3 Å². The summed E-state index contributed by atoms with van der Waals surface area (Å²) in [5.41, 5.74) is 5.05. The van der Waals surface area contributed by atoms with Gasteiger partial charge in [0.2, 0.25) is 5.56 Å². The minimum absolute atomic E-state index is 0.237. The van der Waals surface area contributed by atoms with Gasteiger partial charge in [0.15, 0.2) is 5.84 Å². The van der Waals surface area contributed by atoms with Gasteiger partial charge in [0.25, 0.3) is 0 Å². The summed E-state index contributed by atoms with van der Waals surface area (Å²) < 4.78 is 0. The number of nitrogens with one attached hydrogen (secondary N) is 2. The van der Waals surface area contributed by atoms with Crippen molar-refractivity contribution in [3.63, 3.8) is 0 Å². The average molecular weight is 397 g/mol. The van der Waals surface area contributed by atoms with Crippen LogP contribution in [0, 0.1) is 11.3 Å². The second kappa shape index (κ2) is 8.55. The fourth-order valence-electron chi connectivity index (χ4n) is 2.54. The van der Waals surface area contributed by atoms with Crippen molar-refractivity contribution in [2.24, 2.45) is 16.8 Å². The molecule has 0 spiro atoms. The molecule has 1 aromatic carbocycles. The lowest BCUT2D eigenvalue weighted by atomic mass is 10.1. The minimum Gasteiger partial charge on any atom is -0.321 e. The van der Waals surface area contributed by atoms with E-state index >= 15 is 0 Å². The number of aromatic amines is 1. The number of amidine groups is 1. The molecule has 0 aliphatic rings. The third kappa shape index (κ3) is 4.20. The van der Waals surface area contributed by atoms with Crippen LogP contribution in [0.15, 0.2) is 62.8 Å². The fourth-order valence-corrected chi connectivity index (χ4v) is 4.25. The maximum atomic E-state index is 12.1. The normalized spacial score (nSPS) is 11.2. The van der Waals surface area contributed by atoms with Crippen LogP contribution < -0.4 is 22.7 Å². The van der Waals surface area contributed by atoms with Crippen molar-refractivity contribution in [3.8, 4) is 16.5 Å². The number of pyridine rings is 1. The molecule has 0 radical (unpaired) electrons. The molecule has 9 heteroatoms. The molecule has 2 heterocycles. The Morgan fingerprint density at radius 3 is 2.85 bits per heavy atom. The molecule has 3 rings (SSSR count). The number of hydrogen-bond acceptors (Lipinski definition) is 7. The minimum atomic E-state index is -0.237. The highest BCUT2D eigenvalue weighted by Crippen LogP contribution is 2.32. The number of H-pyrrole nitrogens is 1. The number of rotatable bonds is 5. The van der Waals surface area contributed by atoms with E-state index in [1.165, 1.54) is 29.2 Å². The molecule has 0 amide bonds. The van der Waals surface area contributed by atoms with Crippen molar-refractivity contribution in [3.05, 3.63) is 74.9 Å². The number of hydrazone groups is 1. The molecule has 0 saturated carbocycles. The molecule has 0 bridgehead atoms. The van der Waals surface area contributed by atoms with E-state index in [1.54, 1.807) is 0 Å². The third-order valence-electron chi connectivity index (χ3n) is 3.76. The Labute approximate surface area is 163 Å². The van der Waals surface area contributed by atoms with E-state index in [2.05, 4.69) is 21.6 Å². The number of nitrogens with zero attached hydrogens (tertiary/aromatic N) is 2. The maximum Gasteiger partial charge on any atom is 0.249 e. The third-order valence-corrected chi connectivity index (χ3v) is 5.73. The van der Waals surface area contributed by atoms with Crippen LogP contribution in [0.5, 0.6) is 0 Å². The van der Waals surface area contributed by atoms with Crippen molar-refractivity contribution in [2.45, 2.75) is 10.8 Å². The summed E-state index contributed by atoms with van der Waals surface area (Å²) in [7, 11) is 0. The summed E-state index contributed by atoms with van der Waals surface area (Å²) in [6, 6.07) is 15.0. The van der Waals surface area contributed by atoms with Crippen molar-refractivity contribution in [1.82, 2.24) is 10.4 Å². The second-order valence-corrected chi connectivity index (χ2v) is 7.38. The van der Waals surface area contributed by atoms with E-state index in [0.29, 0.717) is 27.7 Å². The van der Waals surface area contributed by atoms with Gasteiger partial charge in [-0.15, -0.1) is 23.1 Å². The Morgan fingerprint density at radius 2 is 2.19 bits per heavy atom. The first kappa shape index (κ1) is 18.7. The zero-order valence-corrected chi connectivity index (χ0v) is 15.7. The van der Waals surface area contributed by atoms with Crippen LogP contribution in [0.25, 0.3) is 10.4 Å². The predicted octanol–water partition coefficient (Wildman–Crippen LogP) is 2.35. The lowest BCUT2D eigenvalue weighted by Gasteiger charge is -2.09. The summed E-state index contributed by atoms with van der Waals surface area (Å²) >= 11 is 2.88. The van der Waals surface area contributed by atoms with Crippen LogP contribution in [0.2, 0.25) is 0 Å². The first-order chi connectivity index (χ1) is 13.2. The van der Waals surface area contributed by atoms with E-state index in [1.807, 2.05) is 41.8 Å². The first-order valence-corrected chi connectivity index (χ1v) is 9.70. The Bertz CT molecular complexity index is 1070. The number of nitrogens with two attached hydrogens (primary N) is 2. The topological polar surface area (TPSA) is 133 Å². The number of benzene rings is 1. The summed E-state index contributed by atoms with van der Waals surface area (Å²) in [5.74, 6) is 11.6. The highest BCUT2D eigenvalue weighted by Gasteiger charge is 2.14. The predicted molar refractivity (Wildman–Crippen MR) is 109 cm³/mol. The van der Waals surface area contributed by atoms with E-state index in [-0.39, 0.29) is 5.56 Å². The van der Waals surface area contributed by atoms with Crippen LogP contribution in [0.1, 0.15) is 16.7 Å². The smallest absolute Gasteiger partial charge is 0.249 e. The van der Waals surface area contributed by atoms with Crippen LogP contribution in [-0.4, -0.2) is 10.8 Å². The van der Waals surface area contributed by atoms with Gasteiger partial charge < -0.3 is 16.3 Å². The van der Waals surface area contributed by atoms with E-state index in [9.17, 15) is 10.1 Å². The Balaban J connectivity index is 1.90. The average Bonchev–Trinajstić information content (AvgIpc) is 3.22. The molecule has 7 nitrogen and oxygen atoms in total. The number of aromatic nitrogens is 1. The van der Waals surface area contributed by atoms with E-state index in [0.717, 1.165) is 16.0 Å². The first-order valence-electron chi connectivity index (χ1n) is 7.84. The van der Waals surface area contributed by atoms with Gasteiger partial charge in [0, 0.05) is 27.8 Å². The van der Waals surface area contributed by atoms with Crippen molar-refractivity contribution >= 4 is 28.9 Å². The quantitative estimate of drug-likeness (QED) is 0.172. The van der Waals surface area contributed by atoms with Gasteiger partial charge in [-0.3, -0.25) is 4.79 Å². The maximum absolute atomic E-state index is 12.1. The van der Waals surface area contributed by atoms with Crippen LogP contribution in [0.3, 0.4) is 0 Å². The largest absolute Gasteiger partial charge is 0.321 e. The van der Waals surface area contributed by atoms with Crippen LogP contribution in [-0.2, 0) is 5.75 Å². The lowest BCUT2D eigenvalue weighted by molar-refractivity contribution is 1.00. The summed E-state index contributed by atoms with van der Waals surface area (Å²) in [6.07, 6.45) is 0. The number of thioether (sulfide) groups is 1. The molecule has 0 atom stereocenters. The SMILES string of the molecule is N#Cc1c(-c2cccs2)cc(=O)[nH]c1SCc1cccc(/C(=N/N)NN)c1. The summed E-state index contributed by atoms with van der Waals surface area (Å²) in [6.45, 7) is 0. The van der Waals surface area contributed by atoms with Crippen molar-refractivity contribution in [1.29, 1.82) is 5.26 Å². The van der Waals surface area contributed by atoms with Crippen LogP contribution >= 0.6 is 23.1 Å². The fraction of sp³-hybridized carbons (Fsp3) is 0.0556. The molecule has 136 valence electrons. The van der Waals surface area contributed by atoms with Gasteiger partial charge >= 0.3 is 0 Å². The van der Waals surface area contributed by atoms with Crippen molar-refractivity contribution < 1.29 is 0 Å². The zero-order valence-electron chi connectivity index (χ0n) is 14.1. The van der Waals surface area contributed by atoms with Gasteiger partial charge in [-0.25, -0.2) is 5.84 Å².